The van der Waals surface area contributed by atoms with Crippen LogP contribution in [0.25, 0.3) is 10.2 Å². The lowest BCUT2D eigenvalue weighted by atomic mass is 9.89. The molecule has 3 aromatic rings. The van der Waals surface area contributed by atoms with Crippen molar-refractivity contribution in [1.82, 2.24) is 9.97 Å². The van der Waals surface area contributed by atoms with Crippen molar-refractivity contribution < 1.29 is 9.53 Å². The second-order valence-electron chi connectivity index (χ2n) is 6.68. The highest BCUT2D eigenvalue weighted by molar-refractivity contribution is 7.19. The molecule has 134 valence electrons. The van der Waals surface area contributed by atoms with Gasteiger partial charge in [-0.05, 0) is 61.9 Å². The Kier molecular flexibility index (Phi) is 4.59. The first kappa shape index (κ1) is 17.0. The number of benzene rings is 1. The van der Waals surface area contributed by atoms with Gasteiger partial charge in [-0.25, -0.2) is 14.8 Å². The van der Waals surface area contributed by atoms with Crippen molar-refractivity contribution in [1.29, 1.82) is 0 Å². The van der Waals surface area contributed by atoms with Crippen LogP contribution in [0, 0.1) is 5.92 Å². The van der Waals surface area contributed by atoms with Crippen LogP contribution in [0.3, 0.4) is 0 Å². The molecule has 26 heavy (non-hydrogen) atoms. The second kappa shape index (κ2) is 7.03. The Hall–Kier alpha value is -2.47. The number of thiophene rings is 1. The van der Waals surface area contributed by atoms with E-state index < -0.39 is 0 Å². The molecule has 2 heterocycles. The van der Waals surface area contributed by atoms with Crippen LogP contribution in [0.15, 0.2) is 30.6 Å². The largest absolute Gasteiger partial charge is 0.462 e. The van der Waals surface area contributed by atoms with Gasteiger partial charge in [0.15, 0.2) is 0 Å². The van der Waals surface area contributed by atoms with Crippen molar-refractivity contribution in [2.45, 2.75) is 33.1 Å². The van der Waals surface area contributed by atoms with Gasteiger partial charge < -0.3 is 10.1 Å². The maximum absolute atomic E-state index is 11.8. The minimum absolute atomic E-state index is 0.301. The molecule has 1 aliphatic rings. The molecule has 1 aliphatic carbocycles. The highest BCUT2D eigenvalue weighted by Crippen LogP contribution is 2.40. The van der Waals surface area contributed by atoms with Crippen LogP contribution in [0.5, 0.6) is 0 Å². The van der Waals surface area contributed by atoms with Gasteiger partial charge in [-0.3, -0.25) is 0 Å². The first-order valence-electron chi connectivity index (χ1n) is 8.95. The Balaban J connectivity index is 1.64. The van der Waals surface area contributed by atoms with Crippen molar-refractivity contribution in [3.05, 3.63) is 46.6 Å². The van der Waals surface area contributed by atoms with Gasteiger partial charge in [0.25, 0.3) is 0 Å². The van der Waals surface area contributed by atoms with E-state index in [1.54, 1.807) is 36.7 Å². The van der Waals surface area contributed by atoms with Crippen molar-refractivity contribution in [2.24, 2.45) is 5.92 Å². The normalized spacial score (nSPS) is 16.3. The summed E-state index contributed by atoms with van der Waals surface area (Å²) >= 11 is 1.79. The van der Waals surface area contributed by atoms with Gasteiger partial charge in [-0.15, -0.1) is 11.3 Å². The Morgan fingerprint density at radius 1 is 1.31 bits per heavy atom. The van der Waals surface area contributed by atoms with E-state index >= 15 is 0 Å². The smallest absolute Gasteiger partial charge is 0.338 e. The van der Waals surface area contributed by atoms with Crippen LogP contribution in [0.2, 0.25) is 0 Å². The quantitative estimate of drug-likeness (QED) is 0.675. The summed E-state index contributed by atoms with van der Waals surface area (Å²) in [6.07, 6.45) is 5.04. The molecule has 5 nitrogen and oxygen atoms in total. The van der Waals surface area contributed by atoms with E-state index in [9.17, 15) is 4.79 Å². The van der Waals surface area contributed by atoms with Gasteiger partial charge in [0.05, 0.1) is 17.6 Å². The van der Waals surface area contributed by atoms with E-state index in [4.69, 9.17) is 4.74 Å². The maximum Gasteiger partial charge on any atom is 0.338 e. The fourth-order valence-electron chi connectivity index (χ4n) is 3.41. The summed E-state index contributed by atoms with van der Waals surface area (Å²) in [6.45, 7) is 4.49. The molecule has 1 N–H and O–H groups in total. The van der Waals surface area contributed by atoms with Crippen LogP contribution in [0.1, 0.15) is 41.1 Å². The van der Waals surface area contributed by atoms with E-state index in [0.29, 0.717) is 12.2 Å². The summed E-state index contributed by atoms with van der Waals surface area (Å²) in [5.74, 6) is 1.27. The molecule has 0 unspecified atom stereocenters. The summed E-state index contributed by atoms with van der Waals surface area (Å²) in [5, 5.41) is 4.54. The molecule has 0 fully saturated rings. The molecule has 6 heteroatoms. The number of hydrogen-bond acceptors (Lipinski definition) is 6. The van der Waals surface area contributed by atoms with Gasteiger partial charge >= 0.3 is 5.97 Å². The fourth-order valence-corrected chi connectivity index (χ4v) is 4.76. The topological polar surface area (TPSA) is 64.1 Å². The maximum atomic E-state index is 11.8. The standard InChI is InChI=1S/C20H21N3O2S/c1-3-25-20(24)13-5-7-14(8-6-13)23-18-17-15-9-4-12(2)10-16(15)26-19(17)22-11-21-18/h5-8,11-12H,3-4,9-10H2,1-2H3,(H,21,22,23)/t12-/m1/s1. The Morgan fingerprint density at radius 2 is 2.12 bits per heavy atom. The number of anilines is 2. The first-order valence-corrected chi connectivity index (χ1v) is 9.76. The zero-order chi connectivity index (χ0) is 18.1. The average molecular weight is 367 g/mol. The predicted molar refractivity (Wildman–Crippen MR) is 104 cm³/mol. The highest BCUT2D eigenvalue weighted by Gasteiger charge is 2.23. The lowest BCUT2D eigenvalue weighted by Crippen LogP contribution is -2.09. The van der Waals surface area contributed by atoms with Gasteiger partial charge in [-0.2, -0.15) is 0 Å². The number of hydrogen-bond donors (Lipinski definition) is 1. The number of aromatic nitrogens is 2. The van der Waals surface area contributed by atoms with E-state index in [-0.39, 0.29) is 5.97 Å². The third kappa shape index (κ3) is 3.17. The molecule has 0 radical (unpaired) electrons. The molecule has 1 aromatic carbocycles. The van der Waals surface area contributed by atoms with Crippen LogP contribution in [0.4, 0.5) is 11.5 Å². The summed E-state index contributed by atoms with van der Waals surface area (Å²) in [7, 11) is 0. The highest BCUT2D eigenvalue weighted by atomic mass is 32.1. The first-order chi connectivity index (χ1) is 12.7. The van der Waals surface area contributed by atoms with Crippen molar-refractivity contribution in [3.63, 3.8) is 0 Å². The van der Waals surface area contributed by atoms with Crippen LogP contribution in [-0.4, -0.2) is 22.5 Å². The third-order valence-electron chi connectivity index (χ3n) is 4.75. The fraction of sp³-hybridized carbons (Fsp3) is 0.350. The number of carbonyl (C=O) groups excluding carboxylic acids is 1. The van der Waals surface area contributed by atoms with Gasteiger partial charge in [0.2, 0.25) is 0 Å². The average Bonchev–Trinajstić information content (AvgIpc) is 3.01. The van der Waals surface area contributed by atoms with Crippen molar-refractivity contribution in [2.75, 3.05) is 11.9 Å². The van der Waals surface area contributed by atoms with E-state index in [0.717, 1.165) is 40.5 Å². The van der Waals surface area contributed by atoms with Gasteiger partial charge in [0, 0.05) is 10.6 Å². The Labute approximate surface area is 156 Å². The predicted octanol–water partition coefficient (Wildman–Crippen LogP) is 4.74. The van der Waals surface area contributed by atoms with Crippen molar-refractivity contribution in [3.8, 4) is 0 Å². The zero-order valence-corrected chi connectivity index (χ0v) is 15.7. The molecular weight excluding hydrogens is 346 g/mol. The second-order valence-corrected chi connectivity index (χ2v) is 7.76. The third-order valence-corrected chi connectivity index (χ3v) is 5.91. The number of nitrogens with zero attached hydrogens (tertiary/aromatic N) is 2. The molecule has 4 rings (SSSR count). The van der Waals surface area contributed by atoms with Gasteiger partial charge in [0.1, 0.15) is 17.0 Å². The van der Waals surface area contributed by atoms with E-state index in [2.05, 4.69) is 22.2 Å². The minimum Gasteiger partial charge on any atom is -0.462 e. The number of esters is 1. The number of carbonyl (C=O) groups is 1. The molecule has 0 saturated heterocycles. The number of fused-ring (bicyclic) bond motifs is 3. The summed E-state index contributed by atoms with van der Waals surface area (Å²) in [4.78, 5) is 23.2. The summed E-state index contributed by atoms with van der Waals surface area (Å²) in [5.41, 5.74) is 2.84. The molecule has 0 bridgehead atoms. The van der Waals surface area contributed by atoms with Crippen LogP contribution in [-0.2, 0) is 17.6 Å². The SMILES string of the molecule is CCOC(=O)c1ccc(Nc2ncnc3sc4c(c23)CC[C@@H](C)C4)cc1. The lowest BCUT2D eigenvalue weighted by Gasteiger charge is -2.18. The Bertz CT molecular complexity index is 950. The van der Waals surface area contributed by atoms with Crippen molar-refractivity contribution >= 4 is 39.0 Å². The number of rotatable bonds is 4. The van der Waals surface area contributed by atoms with Gasteiger partial charge in [-0.1, -0.05) is 6.92 Å². The summed E-state index contributed by atoms with van der Waals surface area (Å²) in [6, 6.07) is 7.29. The minimum atomic E-state index is -0.301. The Morgan fingerprint density at radius 3 is 2.88 bits per heavy atom. The summed E-state index contributed by atoms with van der Waals surface area (Å²) < 4.78 is 5.03. The monoisotopic (exact) mass is 367 g/mol. The number of ether oxygens (including phenoxy) is 1. The van der Waals surface area contributed by atoms with E-state index in [1.165, 1.54) is 16.9 Å². The zero-order valence-electron chi connectivity index (χ0n) is 14.9. The molecule has 0 saturated carbocycles. The lowest BCUT2D eigenvalue weighted by molar-refractivity contribution is 0.0526. The number of aryl methyl sites for hydroxylation is 1. The molecule has 1 atom stereocenters. The van der Waals surface area contributed by atoms with Crippen LogP contribution < -0.4 is 5.32 Å². The molecule has 0 spiro atoms. The number of nitrogens with one attached hydrogen (secondary N) is 1. The molecule has 0 aliphatic heterocycles. The van der Waals surface area contributed by atoms with Crippen LogP contribution >= 0.6 is 11.3 Å². The molecule has 0 amide bonds. The molecule has 2 aromatic heterocycles. The van der Waals surface area contributed by atoms with E-state index in [1.807, 2.05) is 12.1 Å². The molecular formula is C20H21N3O2S.